The normalized spacial score (nSPS) is 13.8. The Labute approximate surface area is 183 Å². The number of methoxy groups -OCH3 is 1. The highest BCUT2D eigenvalue weighted by Crippen LogP contribution is 2.32. The second-order valence-corrected chi connectivity index (χ2v) is 8.95. The highest BCUT2D eigenvalue weighted by molar-refractivity contribution is 7.92. The summed E-state index contributed by atoms with van der Waals surface area (Å²) >= 11 is 0. The van der Waals surface area contributed by atoms with E-state index in [4.69, 9.17) is 4.74 Å². The van der Waals surface area contributed by atoms with Gasteiger partial charge in [-0.2, -0.15) is 0 Å². The Balaban J connectivity index is 1.72. The van der Waals surface area contributed by atoms with Crippen molar-refractivity contribution >= 4 is 21.4 Å². The van der Waals surface area contributed by atoms with Crippen molar-refractivity contribution in [1.82, 2.24) is 14.8 Å². The maximum atomic E-state index is 14.7. The van der Waals surface area contributed by atoms with E-state index in [1.54, 1.807) is 0 Å². The molecular weight excluding hydrogens is 441 g/mol. The molecule has 0 saturated heterocycles. The van der Waals surface area contributed by atoms with Gasteiger partial charge in [0, 0.05) is 30.8 Å². The Morgan fingerprint density at radius 2 is 1.97 bits per heavy atom. The first-order valence-electron chi connectivity index (χ1n) is 9.87. The number of anilines is 1. The van der Waals surface area contributed by atoms with Crippen molar-refractivity contribution in [2.24, 2.45) is 0 Å². The first-order chi connectivity index (χ1) is 15.3. The van der Waals surface area contributed by atoms with Crippen molar-refractivity contribution in [3.8, 4) is 17.1 Å². The maximum absolute atomic E-state index is 14.7. The number of hydrogen-bond donors (Lipinski definition) is 1. The SMILES string of the molecule is COc1ccc([N+](=O)[O-])cc1S(=O)(=O)Nc1ccc(F)c(-c2nnc3n2CCCCC3)c1. The number of non-ortho nitro benzene ring substituents is 1. The van der Waals surface area contributed by atoms with Crippen LogP contribution in [0.2, 0.25) is 0 Å². The van der Waals surface area contributed by atoms with E-state index in [-0.39, 0.29) is 17.0 Å². The minimum atomic E-state index is -4.28. The standard InChI is InChI=1S/C20H20FN5O5S/c1-31-17-9-7-14(26(27)28)12-18(17)32(29,30)24-13-6-8-16(21)15(11-13)20-23-22-19-5-3-2-4-10-25(19)20/h6-9,11-12,24H,2-5,10H2,1H3. The van der Waals surface area contributed by atoms with Crippen LogP contribution in [0.5, 0.6) is 5.75 Å². The zero-order valence-electron chi connectivity index (χ0n) is 17.1. The average Bonchev–Trinajstić information content (AvgIpc) is 3.01. The van der Waals surface area contributed by atoms with Gasteiger partial charge in [-0.25, -0.2) is 12.8 Å². The third-order valence-electron chi connectivity index (χ3n) is 5.22. The number of fused-ring (bicyclic) bond motifs is 1. The summed E-state index contributed by atoms with van der Waals surface area (Å²) in [7, 11) is -3.02. The molecule has 0 bridgehead atoms. The quantitative estimate of drug-likeness (QED) is 0.439. The lowest BCUT2D eigenvalue weighted by atomic mass is 10.1. The van der Waals surface area contributed by atoms with Gasteiger partial charge in [0.25, 0.3) is 15.7 Å². The lowest BCUT2D eigenvalue weighted by molar-refractivity contribution is -0.385. The number of hydrogen-bond acceptors (Lipinski definition) is 7. The number of nitrogens with zero attached hydrogens (tertiary/aromatic N) is 4. The minimum absolute atomic E-state index is 0.0618. The zero-order chi connectivity index (χ0) is 22.9. The molecule has 12 heteroatoms. The number of sulfonamides is 1. The van der Waals surface area contributed by atoms with Crippen LogP contribution >= 0.6 is 0 Å². The molecule has 0 saturated carbocycles. The molecule has 0 unspecified atom stereocenters. The summed E-state index contributed by atoms with van der Waals surface area (Å²) in [5, 5.41) is 19.4. The first-order valence-corrected chi connectivity index (χ1v) is 11.4. The first kappa shape index (κ1) is 21.7. The van der Waals surface area contributed by atoms with Crippen LogP contribution in [0.3, 0.4) is 0 Å². The molecule has 2 heterocycles. The van der Waals surface area contributed by atoms with Gasteiger partial charge in [-0.05, 0) is 37.1 Å². The largest absolute Gasteiger partial charge is 0.495 e. The summed E-state index contributed by atoms with van der Waals surface area (Å²) in [4.78, 5) is 9.98. The topological polar surface area (TPSA) is 129 Å². The van der Waals surface area contributed by atoms with Gasteiger partial charge < -0.3 is 9.30 Å². The number of nitro groups is 1. The zero-order valence-corrected chi connectivity index (χ0v) is 17.9. The van der Waals surface area contributed by atoms with Crippen LogP contribution in [0.4, 0.5) is 15.8 Å². The Bertz CT molecular complexity index is 1290. The molecule has 0 aliphatic carbocycles. The van der Waals surface area contributed by atoms with Crippen molar-refractivity contribution < 1.29 is 22.5 Å². The molecule has 3 aromatic rings. The predicted octanol–water partition coefficient (Wildman–Crippen LogP) is 3.53. The number of halogens is 1. The van der Waals surface area contributed by atoms with Crippen molar-refractivity contribution in [2.75, 3.05) is 11.8 Å². The fourth-order valence-corrected chi connectivity index (χ4v) is 4.88. The molecule has 0 atom stereocenters. The molecular formula is C20H20FN5O5S. The summed E-state index contributed by atoms with van der Waals surface area (Å²) in [6.07, 6.45) is 3.67. The number of aryl methyl sites for hydroxylation is 1. The maximum Gasteiger partial charge on any atom is 0.271 e. The summed E-state index contributed by atoms with van der Waals surface area (Å²) in [6, 6.07) is 6.98. The van der Waals surface area contributed by atoms with Gasteiger partial charge in [-0.1, -0.05) is 6.42 Å². The van der Waals surface area contributed by atoms with Gasteiger partial charge in [0.05, 0.1) is 17.6 Å². The number of aromatic nitrogens is 3. The molecule has 168 valence electrons. The number of rotatable bonds is 6. The molecule has 2 aromatic carbocycles. The molecule has 1 N–H and O–H groups in total. The molecule has 1 aliphatic heterocycles. The van der Waals surface area contributed by atoms with E-state index >= 15 is 0 Å². The molecule has 32 heavy (non-hydrogen) atoms. The van der Waals surface area contributed by atoms with Gasteiger partial charge in [-0.3, -0.25) is 14.8 Å². The van der Waals surface area contributed by atoms with Gasteiger partial charge in [0.1, 0.15) is 22.3 Å². The smallest absolute Gasteiger partial charge is 0.271 e. The Morgan fingerprint density at radius 1 is 1.16 bits per heavy atom. The molecule has 4 rings (SSSR count). The summed E-state index contributed by atoms with van der Waals surface area (Å²) in [6.45, 7) is 0.651. The number of ether oxygens (including phenoxy) is 1. The summed E-state index contributed by atoms with van der Waals surface area (Å²) < 4.78 is 49.9. The molecule has 1 aliphatic rings. The monoisotopic (exact) mass is 461 g/mol. The van der Waals surface area contributed by atoms with E-state index in [1.165, 1.54) is 25.3 Å². The number of nitrogens with one attached hydrogen (secondary N) is 1. The molecule has 0 amide bonds. The van der Waals surface area contributed by atoms with E-state index in [9.17, 15) is 22.9 Å². The third kappa shape index (κ3) is 4.13. The second kappa shape index (κ2) is 8.54. The predicted molar refractivity (Wildman–Crippen MR) is 113 cm³/mol. The second-order valence-electron chi connectivity index (χ2n) is 7.29. The van der Waals surface area contributed by atoms with Crippen LogP contribution in [0.25, 0.3) is 11.4 Å². The van der Waals surface area contributed by atoms with Gasteiger partial charge >= 0.3 is 0 Å². The van der Waals surface area contributed by atoms with Gasteiger partial charge in [0.15, 0.2) is 5.82 Å². The lowest BCUT2D eigenvalue weighted by Gasteiger charge is -2.13. The van der Waals surface area contributed by atoms with E-state index in [0.29, 0.717) is 12.4 Å². The molecule has 10 nitrogen and oxygen atoms in total. The molecule has 0 radical (unpaired) electrons. The van der Waals surface area contributed by atoms with Crippen molar-refractivity contribution in [3.05, 3.63) is 58.2 Å². The Hall–Kier alpha value is -3.54. The van der Waals surface area contributed by atoms with E-state index in [1.807, 2.05) is 4.57 Å². The summed E-state index contributed by atoms with van der Waals surface area (Å²) in [5.41, 5.74) is -0.227. The molecule has 1 aromatic heterocycles. The highest BCUT2D eigenvalue weighted by atomic mass is 32.2. The van der Waals surface area contributed by atoms with Crippen molar-refractivity contribution in [1.29, 1.82) is 0 Å². The van der Waals surface area contributed by atoms with Gasteiger partial charge in [0.2, 0.25) is 0 Å². The van der Waals surface area contributed by atoms with Crippen LogP contribution in [0.1, 0.15) is 25.1 Å². The Morgan fingerprint density at radius 3 is 2.72 bits per heavy atom. The lowest BCUT2D eigenvalue weighted by Crippen LogP contribution is -2.15. The number of nitro benzene ring substituents is 1. The highest BCUT2D eigenvalue weighted by Gasteiger charge is 2.25. The average molecular weight is 461 g/mol. The summed E-state index contributed by atoms with van der Waals surface area (Å²) in [5.74, 6) is 0.464. The van der Waals surface area contributed by atoms with Crippen LogP contribution in [-0.2, 0) is 23.0 Å². The van der Waals surface area contributed by atoms with E-state index < -0.39 is 31.3 Å². The van der Waals surface area contributed by atoms with E-state index in [2.05, 4.69) is 14.9 Å². The van der Waals surface area contributed by atoms with Gasteiger partial charge in [-0.15, -0.1) is 10.2 Å². The van der Waals surface area contributed by atoms with Crippen LogP contribution in [-0.4, -0.2) is 35.2 Å². The minimum Gasteiger partial charge on any atom is -0.495 e. The van der Waals surface area contributed by atoms with E-state index in [0.717, 1.165) is 49.7 Å². The van der Waals surface area contributed by atoms with Crippen molar-refractivity contribution in [3.63, 3.8) is 0 Å². The van der Waals surface area contributed by atoms with Crippen LogP contribution in [0.15, 0.2) is 41.3 Å². The fourth-order valence-electron chi connectivity index (χ4n) is 3.64. The number of benzene rings is 2. The van der Waals surface area contributed by atoms with Crippen molar-refractivity contribution in [2.45, 2.75) is 37.1 Å². The molecule has 0 spiro atoms. The Kier molecular flexibility index (Phi) is 5.78. The molecule has 0 fully saturated rings. The third-order valence-corrected chi connectivity index (χ3v) is 6.62. The van der Waals surface area contributed by atoms with Crippen LogP contribution in [0, 0.1) is 15.9 Å². The van der Waals surface area contributed by atoms with Crippen LogP contribution < -0.4 is 9.46 Å². The fraction of sp³-hybridized carbons (Fsp3) is 0.300.